The Balaban J connectivity index is 2.50. The molecule has 22 heavy (non-hydrogen) atoms. The third kappa shape index (κ3) is 3.28. The molecule has 4 nitrogen and oxygen atoms in total. The van der Waals surface area contributed by atoms with Gasteiger partial charge in [0.25, 0.3) is 0 Å². The molecule has 0 unspecified atom stereocenters. The minimum Gasteiger partial charge on any atom is -0.358 e. The van der Waals surface area contributed by atoms with Gasteiger partial charge in [-0.25, -0.2) is 0 Å². The Kier molecular flexibility index (Phi) is 4.19. The van der Waals surface area contributed by atoms with Crippen molar-refractivity contribution in [2.75, 3.05) is 5.32 Å². The quantitative estimate of drug-likeness (QED) is 0.876. The van der Waals surface area contributed by atoms with Gasteiger partial charge in [0.05, 0.1) is 16.9 Å². The number of benzene rings is 1. The number of hydrogen-bond acceptors (Lipinski definition) is 3. The Hall–Kier alpha value is -3.19. The van der Waals surface area contributed by atoms with Gasteiger partial charge in [0.15, 0.2) is 0 Å². The van der Waals surface area contributed by atoms with E-state index >= 15 is 0 Å². The lowest BCUT2D eigenvalue weighted by atomic mass is 10.1. The molecule has 110 valence electrons. The smallest absolute Gasteiger partial charge is 0.358 e. The van der Waals surface area contributed by atoms with Crippen molar-refractivity contribution < 1.29 is 13.2 Å². The van der Waals surface area contributed by atoms with E-state index in [1.54, 1.807) is 41.2 Å². The topological polar surface area (TPSA) is 64.5 Å². The predicted molar refractivity (Wildman–Crippen MR) is 73.7 cm³/mol. The molecule has 1 aromatic heterocycles. The predicted octanol–water partition coefficient (Wildman–Crippen LogP) is 3.84. The van der Waals surface area contributed by atoms with Gasteiger partial charge in [-0.05, 0) is 30.3 Å². The molecule has 0 saturated carbocycles. The van der Waals surface area contributed by atoms with Crippen molar-refractivity contribution in [2.45, 2.75) is 6.18 Å². The Morgan fingerprint density at radius 3 is 2.32 bits per heavy atom. The van der Waals surface area contributed by atoms with Gasteiger partial charge in [-0.3, -0.25) is 0 Å². The highest BCUT2D eigenvalue weighted by Crippen LogP contribution is 2.33. The minimum atomic E-state index is -4.48. The fourth-order valence-corrected chi connectivity index (χ4v) is 1.79. The Labute approximate surface area is 124 Å². The molecule has 7 heteroatoms. The van der Waals surface area contributed by atoms with E-state index in [0.29, 0.717) is 5.69 Å². The average Bonchev–Trinajstić information content (AvgIpc) is 3.01. The number of nitrogens with one attached hydrogen (secondary N) is 1. The summed E-state index contributed by atoms with van der Waals surface area (Å²) >= 11 is 0. The normalized spacial score (nSPS) is 10.4. The highest BCUT2D eigenvalue weighted by molar-refractivity contribution is 5.65. The SMILES string of the molecule is N#CC(C#N)=CNc1cc(C(F)(F)F)ccc1-n1cccc1. The van der Waals surface area contributed by atoms with Crippen LogP contribution < -0.4 is 5.32 Å². The van der Waals surface area contributed by atoms with Gasteiger partial charge in [0.2, 0.25) is 0 Å². The number of aromatic nitrogens is 1. The third-order valence-corrected chi connectivity index (χ3v) is 2.82. The monoisotopic (exact) mass is 302 g/mol. The van der Waals surface area contributed by atoms with E-state index in [4.69, 9.17) is 10.5 Å². The van der Waals surface area contributed by atoms with E-state index in [-0.39, 0.29) is 11.3 Å². The maximum Gasteiger partial charge on any atom is 0.416 e. The molecule has 0 bridgehead atoms. The van der Waals surface area contributed by atoms with Crippen molar-refractivity contribution in [1.29, 1.82) is 10.5 Å². The van der Waals surface area contributed by atoms with Crippen LogP contribution in [0.5, 0.6) is 0 Å². The number of nitrogens with zero attached hydrogens (tertiary/aromatic N) is 3. The van der Waals surface area contributed by atoms with E-state index in [9.17, 15) is 13.2 Å². The van der Waals surface area contributed by atoms with E-state index in [2.05, 4.69) is 5.32 Å². The molecule has 0 saturated heterocycles. The number of alkyl halides is 3. The highest BCUT2D eigenvalue weighted by Gasteiger charge is 2.31. The molecule has 0 aliphatic heterocycles. The summed E-state index contributed by atoms with van der Waals surface area (Å²) in [6.07, 6.45) is -0.0644. The molecular weight excluding hydrogens is 293 g/mol. The standard InChI is InChI=1S/C15H9F3N4/c16-15(17,18)12-3-4-14(22-5-1-2-6-22)13(7-12)21-10-11(8-19)9-20/h1-7,10,21H. The summed E-state index contributed by atoms with van der Waals surface area (Å²) in [7, 11) is 0. The van der Waals surface area contributed by atoms with Crippen molar-refractivity contribution in [2.24, 2.45) is 0 Å². The first-order valence-corrected chi connectivity index (χ1v) is 6.07. The van der Waals surface area contributed by atoms with Crippen molar-refractivity contribution in [3.05, 3.63) is 60.1 Å². The summed E-state index contributed by atoms with van der Waals surface area (Å²) < 4.78 is 40.1. The van der Waals surface area contributed by atoms with Crippen LogP contribution in [0, 0.1) is 22.7 Å². The summed E-state index contributed by atoms with van der Waals surface area (Å²) in [6.45, 7) is 0. The average molecular weight is 302 g/mol. The third-order valence-electron chi connectivity index (χ3n) is 2.82. The Morgan fingerprint density at radius 1 is 1.14 bits per heavy atom. The van der Waals surface area contributed by atoms with Crippen LogP contribution in [-0.4, -0.2) is 4.57 Å². The fourth-order valence-electron chi connectivity index (χ4n) is 1.79. The molecule has 0 spiro atoms. The zero-order valence-corrected chi connectivity index (χ0v) is 11.1. The second-order valence-corrected chi connectivity index (χ2v) is 4.25. The zero-order chi connectivity index (χ0) is 16.2. The number of rotatable bonds is 3. The largest absolute Gasteiger partial charge is 0.416 e. The van der Waals surface area contributed by atoms with Crippen molar-refractivity contribution >= 4 is 5.69 Å². The lowest BCUT2D eigenvalue weighted by Crippen LogP contribution is -2.07. The van der Waals surface area contributed by atoms with Crippen molar-refractivity contribution in [1.82, 2.24) is 4.57 Å². The Morgan fingerprint density at radius 2 is 1.77 bits per heavy atom. The molecule has 0 radical (unpaired) electrons. The summed E-state index contributed by atoms with van der Waals surface area (Å²) in [6, 6.07) is 9.94. The number of allylic oxidation sites excluding steroid dienone is 1. The fraction of sp³-hybridized carbons (Fsp3) is 0.0667. The number of halogens is 3. The Bertz CT molecular complexity index is 759. The van der Waals surface area contributed by atoms with Gasteiger partial charge in [0, 0.05) is 18.6 Å². The molecule has 0 atom stereocenters. The molecule has 0 fully saturated rings. The number of nitriles is 2. The summed E-state index contributed by atoms with van der Waals surface area (Å²) in [4.78, 5) is 0. The summed E-state index contributed by atoms with van der Waals surface area (Å²) in [5.41, 5.74) is -0.468. The summed E-state index contributed by atoms with van der Waals surface area (Å²) in [5, 5.41) is 19.9. The number of anilines is 1. The van der Waals surface area contributed by atoms with Crippen molar-refractivity contribution in [3.8, 4) is 17.8 Å². The molecule has 1 aromatic carbocycles. The van der Waals surface area contributed by atoms with Gasteiger partial charge < -0.3 is 9.88 Å². The van der Waals surface area contributed by atoms with E-state index < -0.39 is 11.7 Å². The molecule has 1 N–H and O–H groups in total. The van der Waals surface area contributed by atoms with Crippen LogP contribution in [0.1, 0.15) is 5.56 Å². The first kappa shape index (κ1) is 15.2. The number of hydrogen-bond donors (Lipinski definition) is 1. The van der Waals surface area contributed by atoms with Gasteiger partial charge in [-0.2, -0.15) is 23.7 Å². The molecule has 2 aromatic rings. The van der Waals surface area contributed by atoms with Crippen molar-refractivity contribution in [3.63, 3.8) is 0 Å². The van der Waals surface area contributed by atoms with Gasteiger partial charge >= 0.3 is 6.18 Å². The second kappa shape index (κ2) is 6.06. The van der Waals surface area contributed by atoms with Gasteiger partial charge in [-0.1, -0.05) is 0 Å². The second-order valence-electron chi connectivity index (χ2n) is 4.25. The lowest BCUT2D eigenvalue weighted by Gasteiger charge is -2.14. The van der Waals surface area contributed by atoms with Gasteiger partial charge in [0.1, 0.15) is 17.7 Å². The van der Waals surface area contributed by atoms with Crippen LogP contribution >= 0.6 is 0 Å². The maximum atomic E-state index is 12.8. The van der Waals surface area contributed by atoms with E-state index in [1.807, 2.05) is 0 Å². The van der Waals surface area contributed by atoms with Crippen LogP contribution in [0.15, 0.2) is 54.5 Å². The van der Waals surface area contributed by atoms with Crippen LogP contribution in [0.2, 0.25) is 0 Å². The van der Waals surface area contributed by atoms with E-state index in [0.717, 1.165) is 18.3 Å². The van der Waals surface area contributed by atoms with Gasteiger partial charge in [-0.15, -0.1) is 0 Å². The first-order valence-electron chi connectivity index (χ1n) is 6.07. The van der Waals surface area contributed by atoms with Crippen LogP contribution in [0.25, 0.3) is 5.69 Å². The molecule has 0 aliphatic rings. The molecule has 0 amide bonds. The molecular formula is C15H9F3N4. The summed E-state index contributed by atoms with van der Waals surface area (Å²) in [5.74, 6) is 0. The maximum absolute atomic E-state index is 12.8. The zero-order valence-electron chi connectivity index (χ0n) is 11.1. The first-order chi connectivity index (χ1) is 10.5. The molecule has 0 aliphatic carbocycles. The highest BCUT2D eigenvalue weighted by atomic mass is 19.4. The lowest BCUT2D eigenvalue weighted by molar-refractivity contribution is -0.137. The van der Waals surface area contributed by atoms with Crippen LogP contribution in [0.3, 0.4) is 0 Å². The minimum absolute atomic E-state index is 0.133. The molecule has 2 rings (SSSR count). The van der Waals surface area contributed by atoms with Crippen LogP contribution in [-0.2, 0) is 6.18 Å². The molecule has 1 heterocycles. The van der Waals surface area contributed by atoms with Crippen LogP contribution in [0.4, 0.5) is 18.9 Å². The van der Waals surface area contributed by atoms with E-state index in [1.165, 1.54) is 6.07 Å².